The predicted molar refractivity (Wildman–Crippen MR) is 99.9 cm³/mol. The Kier molecular flexibility index (Phi) is 4.15. The highest BCUT2D eigenvalue weighted by molar-refractivity contribution is 5.92. The highest BCUT2D eigenvalue weighted by Crippen LogP contribution is 2.69. The van der Waals surface area contributed by atoms with Gasteiger partial charge < -0.3 is 15.3 Å². The van der Waals surface area contributed by atoms with E-state index in [1.807, 2.05) is 0 Å². The lowest BCUT2D eigenvalue weighted by molar-refractivity contribution is -0.212. The van der Waals surface area contributed by atoms with Crippen molar-refractivity contribution in [2.45, 2.75) is 63.8 Å². The minimum Gasteiger partial charge on any atom is -0.390 e. The van der Waals surface area contributed by atoms with Crippen LogP contribution in [0.25, 0.3) is 0 Å². The molecule has 0 aliphatic heterocycles. The molecule has 0 saturated heterocycles. The summed E-state index contributed by atoms with van der Waals surface area (Å²) in [4.78, 5) is 24.4. The molecule has 3 N–H and O–H groups in total. The number of aliphatic hydroxyl groups excluding tert-OH is 2. The fourth-order valence-electron chi connectivity index (χ4n) is 7.07. The smallest absolute Gasteiger partial charge is 0.190 e. The Labute approximate surface area is 164 Å². The van der Waals surface area contributed by atoms with Crippen LogP contribution in [0.1, 0.15) is 46.5 Å². The first-order chi connectivity index (χ1) is 13.0. The minimum absolute atomic E-state index is 0.0354. The molecule has 4 rings (SSSR count). The van der Waals surface area contributed by atoms with Crippen LogP contribution in [-0.4, -0.2) is 50.9 Å². The number of allylic oxidation sites excluding steroid dienone is 4. The number of carbonyl (C=O) groups excluding carboxylic acids is 2. The monoisotopic (exact) mass is 392 g/mol. The van der Waals surface area contributed by atoms with Gasteiger partial charge in [-0.2, -0.15) is 0 Å². The second-order valence-corrected chi connectivity index (χ2v) is 9.78. The van der Waals surface area contributed by atoms with Crippen LogP contribution in [0.15, 0.2) is 23.8 Å². The lowest BCUT2D eigenvalue weighted by Crippen LogP contribution is -2.69. The van der Waals surface area contributed by atoms with Crippen LogP contribution in [-0.2, 0) is 9.59 Å². The van der Waals surface area contributed by atoms with E-state index >= 15 is 4.39 Å². The number of alkyl halides is 1. The van der Waals surface area contributed by atoms with Gasteiger partial charge in [0.25, 0.3) is 0 Å². The number of hydrogen-bond acceptors (Lipinski definition) is 5. The maximum absolute atomic E-state index is 16.9. The van der Waals surface area contributed by atoms with Crippen LogP contribution in [0.2, 0.25) is 0 Å². The number of carbonyl (C=O) groups is 2. The molecule has 2 unspecified atom stereocenters. The van der Waals surface area contributed by atoms with E-state index in [0.29, 0.717) is 18.4 Å². The van der Waals surface area contributed by atoms with Crippen LogP contribution < -0.4 is 0 Å². The molecule has 6 heteroatoms. The molecule has 0 radical (unpaired) electrons. The Bertz CT molecular complexity index is 805. The number of hydrogen-bond donors (Lipinski definition) is 3. The highest BCUT2D eigenvalue weighted by Gasteiger charge is 2.75. The first kappa shape index (κ1) is 19.9. The molecule has 2 fully saturated rings. The third-order valence-electron chi connectivity index (χ3n) is 8.75. The Morgan fingerprint density at radius 1 is 1.36 bits per heavy atom. The van der Waals surface area contributed by atoms with Crippen LogP contribution in [0, 0.1) is 28.6 Å². The summed E-state index contributed by atoms with van der Waals surface area (Å²) in [6, 6.07) is 0. The minimum atomic E-state index is -1.98. The molecular weight excluding hydrogens is 363 g/mol. The summed E-state index contributed by atoms with van der Waals surface area (Å²) in [7, 11) is 0. The van der Waals surface area contributed by atoms with Gasteiger partial charge in [0, 0.05) is 23.2 Å². The first-order valence-electron chi connectivity index (χ1n) is 10.1. The van der Waals surface area contributed by atoms with E-state index in [4.69, 9.17) is 0 Å². The van der Waals surface area contributed by atoms with Gasteiger partial charge in [-0.15, -0.1) is 0 Å². The van der Waals surface area contributed by atoms with Crippen molar-refractivity contribution in [3.05, 3.63) is 23.8 Å². The van der Waals surface area contributed by atoms with Gasteiger partial charge in [-0.1, -0.05) is 32.9 Å². The average Bonchev–Trinajstić information content (AvgIpc) is 2.84. The molecule has 5 nitrogen and oxygen atoms in total. The molecule has 4 aliphatic carbocycles. The molecule has 0 heterocycles. The number of fused-ring (bicyclic) bond motifs is 5. The van der Waals surface area contributed by atoms with E-state index in [1.54, 1.807) is 32.9 Å². The first-order valence-corrected chi connectivity index (χ1v) is 10.1. The molecular formula is C22H29FO5. The summed E-state index contributed by atoms with van der Waals surface area (Å²) >= 11 is 0. The molecule has 0 amide bonds. The second-order valence-electron chi connectivity index (χ2n) is 9.78. The van der Waals surface area contributed by atoms with Gasteiger partial charge in [-0.3, -0.25) is 9.59 Å². The Balaban J connectivity index is 1.87. The fourth-order valence-corrected chi connectivity index (χ4v) is 7.07. The summed E-state index contributed by atoms with van der Waals surface area (Å²) in [5.41, 5.74) is -5.21. The van der Waals surface area contributed by atoms with E-state index < -0.39 is 52.4 Å². The molecule has 0 aromatic carbocycles. The van der Waals surface area contributed by atoms with Crippen molar-refractivity contribution >= 4 is 11.6 Å². The molecule has 0 bridgehead atoms. The van der Waals surface area contributed by atoms with Gasteiger partial charge in [-0.25, -0.2) is 4.39 Å². The zero-order valence-corrected chi connectivity index (χ0v) is 16.6. The third kappa shape index (κ3) is 2.01. The lowest BCUT2D eigenvalue weighted by Gasteiger charge is -2.61. The molecule has 154 valence electrons. The van der Waals surface area contributed by atoms with Gasteiger partial charge >= 0.3 is 0 Å². The van der Waals surface area contributed by atoms with Crippen molar-refractivity contribution in [1.29, 1.82) is 0 Å². The molecule has 0 aromatic rings. The SMILES string of the molecule is CC1C[C@H]2[C@@H]3C=CC4=CC(=O)CC[C@]4(C)[C@@]3(F)C(O)C[C@]2(C)[C@@]1(O)C(=O)CO. The van der Waals surface area contributed by atoms with E-state index in [1.165, 1.54) is 6.08 Å². The van der Waals surface area contributed by atoms with Gasteiger partial charge in [0.05, 0.1) is 6.10 Å². The molecule has 0 spiro atoms. The lowest BCUT2D eigenvalue weighted by atomic mass is 9.45. The van der Waals surface area contributed by atoms with Gasteiger partial charge in [0.2, 0.25) is 0 Å². The molecule has 28 heavy (non-hydrogen) atoms. The molecule has 4 aliphatic rings. The Morgan fingerprint density at radius 2 is 2.04 bits per heavy atom. The summed E-state index contributed by atoms with van der Waals surface area (Å²) in [5, 5.41) is 31.9. The van der Waals surface area contributed by atoms with Crippen molar-refractivity contribution in [2.24, 2.45) is 28.6 Å². The number of halogens is 1. The predicted octanol–water partition coefficient (Wildman–Crippen LogP) is 1.90. The summed E-state index contributed by atoms with van der Waals surface area (Å²) < 4.78 is 16.9. The van der Waals surface area contributed by atoms with Crippen molar-refractivity contribution in [1.82, 2.24) is 0 Å². The van der Waals surface area contributed by atoms with Crippen molar-refractivity contribution in [2.75, 3.05) is 6.61 Å². The van der Waals surface area contributed by atoms with Crippen LogP contribution in [0.5, 0.6) is 0 Å². The third-order valence-corrected chi connectivity index (χ3v) is 8.75. The molecule has 2 saturated carbocycles. The van der Waals surface area contributed by atoms with Crippen molar-refractivity contribution in [3.63, 3.8) is 0 Å². The maximum Gasteiger partial charge on any atom is 0.190 e. The largest absolute Gasteiger partial charge is 0.390 e. The topological polar surface area (TPSA) is 94.8 Å². The van der Waals surface area contributed by atoms with E-state index in [0.717, 1.165) is 0 Å². The number of ketones is 2. The zero-order valence-electron chi connectivity index (χ0n) is 16.6. The number of aliphatic hydroxyl groups is 3. The van der Waals surface area contributed by atoms with Crippen molar-refractivity contribution in [3.8, 4) is 0 Å². The number of rotatable bonds is 2. The standard InChI is InChI=1S/C22H29FO5/c1-12-8-16-15-5-4-13-9-14(25)6-7-19(13,2)21(15,23)17(26)10-20(16,3)22(12,28)18(27)11-24/h4-5,9,12,15-17,24,26,28H,6-8,10-11H2,1-3H3/t12?,15-,16-,17?,19-,20-,21-,22-/m0/s1. The van der Waals surface area contributed by atoms with Crippen molar-refractivity contribution < 1.29 is 29.3 Å². The Morgan fingerprint density at radius 3 is 2.68 bits per heavy atom. The summed E-state index contributed by atoms with van der Waals surface area (Å²) in [6.45, 7) is 4.48. The van der Waals surface area contributed by atoms with Gasteiger partial charge in [0.1, 0.15) is 12.2 Å². The normalized spacial score (nSPS) is 52.5. The van der Waals surface area contributed by atoms with Crippen LogP contribution >= 0.6 is 0 Å². The molecule has 8 atom stereocenters. The van der Waals surface area contributed by atoms with E-state index in [2.05, 4.69) is 0 Å². The fraction of sp³-hybridized carbons (Fsp3) is 0.727. The highest BCUT2D eigenvalue weighted by atomic mass is 19.1. The maximum atomic E-state index is 16.9. The van der Waals surface area contributed by atoms with E-state index in [9.17, 15) is 24.9 Å². The quantitative estimate of drug-likeness (QED) is 0.667. The molecule has 0 aromatic heterocycles. The van der Waals surface area contributed by atoms with Gasteiger partial charge in [-0.05, 0) is 42.7 Å². The number of Topliss-reactive ketones (excluding diaryl/α,β-unsaturated/α-hetero) is 1. The second kappa shape index (κ2) is 5.83. The van der Waals surface area contributed by atoms with Gasteiger partial charge in [0.15, 0.2) is 17.2 Å². The average molecular weight is 392 g/mol. The Hall–Kier alpha value is -1.37. The zero-order chi connectivity index (χ0) is 20.7. The van der Waals surface area contributed by atoms with E-state index in [-0.39, 0.29) is 24.5 Å². The van der Waals surface area contributed by atoms with Crippen LogP contribution in [0.3, 0.4) is 0 Å². The van der Waals surface area contributed by atoms with Crippen LogP contribution in [0.4, 0.5) is 4.39 Å². The summed E-state index contributed by atoms with van der Waals surface area (Å²) in [5.74, 6) is -2.20. The summed E-state index contributed by atoms with van der Waals surface area (Å²) in [6.07, 6.45) is 4.53.